The van der Waals surface area contributed by atoms with Gasteiger partial charge in [0, 0.05) is 43.6 Å². The standard InChI is InChI=1S/C22H31N3O3/c1-16(24-22(28)18-8-2-3-9-18)15-20(26)23-13-6-11-21(27)25-14-12-17-7-4-5-10-19(17)25/h4-5,7,10,16,18H,2-3,6,8-9,11-15H2,1H3,(H,23,26)(H,24,28). The molecule has 3 amide bonds. The molecular weight excluding hydrogens is 354 g/mol. The van der Waals surface area contributed by atoms with Crippen LogP contribution in [0, 0.1) is 5.92 Å². The molecule has 3 rings (SSSR count). The zero-order chi connectivity index (χ0) is 19.9. The van der Waals surface area contributed by atoms with E-state index in [0.29, 0.717) is 19.4 Å². The van der Waals surface area contributed by atoms with Gasteiger partial charge in [0.1, 0.15) is 0 Å². The van der Waals surface area contributed by atoms with Crippen molar-refractivity contribution in [2.45, 2.75) is 64.3 Å². The van der Waals surface area contributed by atoms with E-state index in [2.05, 4.69) is 16.7 Å². The van der Waals surface area contributed by atoms with Gasteiger partial charge in [-0.3, -0.25) is 14.4 Å². The maximum atomic E-state index is 12.4. The van der Waals surface area contributed by atoms with Gasteiger partial charge in [-0.1, -0.05) is 31.0 Å². The molecule has 1 aliphatic heterocycles. The molecule has 1 atom stereocenters. The van der Waals surface area contributed by atoms with Gasteiger partial charge in [-0.2, -0.15) is 0 Å². The first-order chi connectivity index (χ1) is 13.5. The number of carbonyl (C=O) groups excluding carboxylic acids is 3. The molecule has 6 nitrogen and oxygen atoms in total. The lowest BCUT2D eigenvalue weighted by Gasteiger charge is -2.18. The second-order valence-corrected chi connectivity index (χ2v) is 7.97. The molecule has 2 aliphatic rings. The highest BCUT2D eigenvalue weighted by Gasteiger charge is 2.25. The molecule has 152 valence electrons. The third kappa shape index (κ3) is 5.33. The van der Waals surface area contributed by atoms with E-state index < -0.39 is 0 Å². The lowest BCUT2D eigenvalue weighted by molar-refractivity contribution is -0.126. The molecule has 0 bridgehead atoms. The largest absolute Gasteiger partial charge is 0.356 e. The van der Waals surface area contributed by atoms with Crippen LogP contribution in [0.2, 0.25) is 0 Å². The predicted octanol–water partition coefficient (Wildman–Crippen LogP) is 2.56. The van der Waals surface area contributed by atoms with Crippen LogP contribution < -0.4 is 15.5 Å². The van der Waals surface area contributed by atoms with Crippen molar-refractivity contribution in [2.24, 2.45) is 5.92 Å². The molecule has 1 unspecified atom stereocenters. The number of nitrogens with zero attached hydrogens (tertiary/aromatic N) is 1. The fraction of sp³-hybridized carbons (Fsp3) is 0.591. The van der Waals surface area contributed by atoms with Crippen LogP contribution in [0.3, 0.4) is 0 Å². The summed E-state index contributed by atoms with van der Waals surface area (Å²) in [5, 5.41) is 5.81. The number of benzene rings is 1. The fourth-order valence-corrected chi connectivity index (χ4v) is 4.15. The number of amides is 3. The van der Waals surface area contributed by atoms with Crippen molar-refractivity contribution < 1.29 is 14.4 Å². The number of carbonyl (C=O) groups is 3. The minimum atomic E-state index is -0.171. The summed E-state index contributed by atoms with van der Waals surface area (Å²) in [4.78, 5) is 38.5. The Bertz CT molecular complexity index is 713. The molecule has 0 saturated heterocycles. The van der Waals surface area contributed by atoms with Crippen molar-refractivity contribution in [3.05, 3.63) is 29.8 Å². The van der Waals surface area contributed by atoms with Crippen LogP contribution in [0.25, 0.3) is 0 Å². The van der Waals surface area contributed by atoms with Crippen molar-refractivity contribution in [1.82, 2.24) is 10.6 Å². The number of nitrogens with one attached hydrogen (secondary N) is 2. The second kappa shape index (κ2) is 9.71. The quantitative estimate of drug-likeness (QED) is 0.675. The van der Waals surface area contributed by atoms with E-state index in [9.17, 15) is 14.4 Å². The van der Waals surface area contributed by atoms with Gasteiger partial charge in [-0.05, 0) is 44.2 Å². The molecule has 1 fully saturated rings. The number of hydrogen-bond donors (Lipinski definition) is 2. The van der Waals surface area contributed by atoms with Crippen molar-refractivity contribution in [1.29, 1.82) is 0 Å². The molecule has 0 spiro atoms. The van der Waals surface area contributed by atoms with Crippen LogP contribution >= 0.6 is 0 Å². The average molecular weight is 386 g/mol. The summed E-state index contributed by atoms with van der Waals surface area (Å²) in [6.07, 6.45) is 6.37. The minimum absolute atomic E-state index is 0.0780. The number of rotatable bonds is 8. The fourth-order valence-electron chi connectivity index (χ4n) is 4.15. The molecule has 1 aliphatic carbocycles. The molecular formula is C22H31N3O3. The van der Waals surface area contributed by atoms with Gasteiger partial charge in [0.05, 0.1) is 0 Å². The summed E-state index contributed by atoms with van der Waals surface area (Å²) in [5.74, 6) is 0.219. The highest BCUT2D eigenvalue weighted by molar-refractivity contribution is 5.95. The lowest BCUT2D eigenvalue weighted by atomic mass is 10.1. The van der Waals surface area contributed by atoms with E-state index in [1.165, 1.54) is 5.56 Å². The van der Waals surface area contributed by atoms with Crippen LogP contribution in [0.15, 0.2) is 24.3 Å². The molecule has 0 radical (unpaired) electrons. The van der Waals surface area contributed by atoms with Gasteiger partial charge >= 0.3 is 0 Å². The van der Waals surface area contributed by atoms with Crippen molar-refractivity contribution in [3.8, 4) is 0 Å². The Hall–Kier alpha value is -2.37. The summed E-state index contributed by atoms with van der Waals surface area (Å²) in [7, 11) is 0. The summed E-state index contributed by atoms with van der Waals surface area (Å²) < 4.78 is 0. The Morgan fingerprint density at radius 2 is 1.93 bits per heavy atom. The first-order valence-corrected chi connectivity index (χ1v) is 10.5. The monoisotopic (exact) mass is 385 g/mol. The number of para-hydroxylation sites is 1. The topological polar surface area (TPSA) is 78.5 Å². The maximum absolute atomic E-state index is 12.4. The maximum Gasteiger partial charge on any atom is 0.227 e. The third-order valence-electron chi connectivity index (χ3n) is 5.68. The average Bonchev–Trinajstić information content (AvgIpc) is 3.34. The van der Waals surface area contributed by atoms with Crippen molar-refractivity contribution >= 4 is 23.4 Å². The van der Waals surface area contributed by atoms with Gasteiger partial charge in [0.15, 0.2) is 0 Å². The molecule has 1 heterocycles. The lowest BCUT2D eigenvalue weighted by Crippen LogP contribution is -2.40. The molecule has 2 N–H and O–H groups in total. The Morgan fingerprint density at radius 1 is 1.18 bits per heavy atom. The molecule has 0 aromatic heterocycles. The first-order valence-electron chi connectivity index (χ1n) is 10.5. The zero-order valence-corrected chi connectivity index (χ0v) is 16.7. The Morgan fingerprint density at radius 3 is 2.71 bits per heavy atom. The van der Waals surface area contributed by atoms with Gasteiger partial charge < -0.3 is 15.5 Å². The Kier molecular flexibility index (Phi) is 7.06. The highest BCUT2D eigenvalue weighted by Crippen LogP contribution is 2.28. The van der Waals surface area contributed by atoms with E-state index in [1.54, 1.807) is 0 Å². The molecule has 1 saturated carbocycles. The predicted molar refractivity (Wildman–Crippen MR) is 109 cm³/mol. The highest BCUT2D eigenvalue weighted by atomic mass is 16.2. The summed E-state index contributed by atoms with van der Waals surface area (Å²) in [6, 6.07) is 7.84. The molecule has 1 aromatic rings. The first kappa shape index (κ1) is 20.4. The van der Waals surface area contributed by atoms with E-state index in [4.69, 9.17) is 0 Å². The minimum Gasteiger partial charge on any atom is -0.356 e. The third-order valence-corrected chi connectivity index (χ3v) is 5.68. The molecule has 28 heavy (non-hydrogen) atoms. The smallest absolute Gasteiger partial charge is 0.227 e. The normalized spacial score (nSPS) is 17.2. The summed E-state index contributed by atoms with van der Waals surface area (Å²) >= 11 is 0. The van der Waals surface area contributed by atoms with Crippen molar-refractivity contribution in [3.63, 3.8) is 0 Å². The van der Waals surface area contributed by atoms with E-state index >= 15 is 0 Å². The van der Waals surface area contributed by atoms with Gasteiger partial charge in [0.25, 0.3) is 0 Å². The summed E-state index contributed by atoms with van der Waals surface area (Å²) in [6.45, 7) is 3.08. The van der Waals surface area contributed by atoms with Crippen molar-refractivity contribution in [2.75, 3.05) is 18.0 Å². The molecule has 6 heteroatoms. The SMILES string of the molecule is CC(CC(=O)NCCCC(=O)N1CCc2ccccc21)NC(=O)C1CCCC1. The van der Waals surface area contributed by atoms with E-state index in [1.807, 2.05) is 30.0 Å². The summed E-state index contributed by atoms with van der Waals surface area (Å²) in [5.41, 5.74) is 2.24. The number of fused-ring (bicyclic) bond motifs is 1. The van der Waals surface area contributed by atoms with Crippen LogP contribution in [0.1, 0.15) is 57.4 Å². The zero-order valence-electron chi connectivity index (χ0n) is 16.7. The number of hydrogen-bond acceptors (Lipinski definition) is 3. The van der Waals surface area contributed by atoms with Crippen LogP contribution in [0.4, 0.5) is 5.69 Å². The molecule has 1 aromatic carbocycles. The Labute approximate surface area is 167 Å². The number of anilines is 1. The Balaban J connectivity index is 1.31. The van der Waals surface area contributed by atoms with Gasteiger partial charge in [-0.15, -0.1) is 0 Å². The van der Waals surface area contributed by atoms with Crippen LogP contribution in [-0.4, -0.2) is 36.9 Å². The second-order valence-electron chi connectivity index (χ2n) is 7.97. The van der Waals surface area contributed by atoms with E-state index in [0.717, 1.165) is 44.3 Å². The van der Waals surface area contributed by atoms with Gasteiger partial charge in [0.2, 0.25) is 17.7 Å². The van der Waals surface area contributed by atoms with Gasteiger partial charge in [-0.25, -0.2) is 0 Å². The van der Waals surface area contributed by atoms with E-state index in [-0.39, 0.29) is 36.1 Å². The van der Waals surface area contributed by atoms with Crippen LogP contribution in [0.5, 0.6) is 0 Å². The van der Waals surface area contributed by atoms with Crippen LogP contribution in [-0.2, 0) is 20.8 Å².